The Hall–Kier alpha value is -1.97. The van der Waals surface area contributed by atoms with Gasteiger partial charge >= 0.3 is 0 Å². The van der Waals surface area contributed by atoms with Crippen LogP contribution in [0.4, 0.5) is 0 Å². The molecule has 1 aromatic carbocycles. The number of aldehydes is 1. The lowest BCUT2D eigenvalue weighted by molar-refractivity contribution is 0.111. The fourth-order valence-corrected chi connectivity index (χ4v) is 1.34. The molecular weight excluding hydrogens is 180 g/mol. The Kier molecular flexibility index (Phi) is 1.89. The Labute approximate surface area is 80.2 Å². The van der Waals surface area contributed by atoms with Crippen LogP contribution in [0.1, 0.15) is 16.3 Å². The van der Waals surface area contributed by atoms with E-state index in [9.17, 15) is 9.90 Å². The maximum atomic E-state index is 10.5. The van der Waals surface area contributed by atoms with Crippen LogP contribution in [0.15, 0.2) is 18.2 Å². The van der Waals surface area contributed by atoms with E-state index >= 15 is 0 Å². The van der Waals surface area contributed by atoms with Crippen LogP contribution in [0.2, 0.25) is 0 Å². The number of hydrogen-bond donors (Lipinski definition) is 1. The van der Waals surface area contributed by atoms with Crippen LogP contribution in [-0.4, -0.2) is 21.4 Å². The number of fused-ring (bicyclic) bond motifs is 1. The Morgan fingerprint density at radius 2 is 2.14 bits per heavy atom. The number of phenolic OH excluding ortho intramolecular Hbond substituents is 1. The first-order valence-electron chi connectivity index (χ1n) is 4.13. The molecule has 0 saturated carbocycles. The van der Waals surface area contributed by atoms with Gasteiger partial charge in [-0.15, -0.1) is 0 Å². The molecule has 0 bridgehead atoms. The van der Waals surface area contributed by atoms with Gasteiger partial charge in [-0.1, -0.05) is 0 Å². The molecule has 4 nitrogen and oxygen atoms in total. The summed E-state index contributed by atoms with van der Waals surface area (Å²) in [7, 11) is 0. The predicted molar refractivity (Wildman–Crippen MR) is 51.3 cm³/mol. The van der Waals surface area contributed by atoms with Crippen molar-refractivity contribution in [3.63, 3.8) is 0 Å². The van der Waals surface area contributed by atoms with Crippen LogP contribution in [0.3, 0.4) is 0 Å². The fraction of sp³-hybridized carbons (Fsp3) is 0.100. The summed E-state index contributed by atoms with van der Waals surface area (Å²) < 4.78 is 0. The minimum atomic E-state index is 0.167. The number of carbonyl (C=O) groups excluding carboxylic acids is 1. The lowest BCUT2D eigenvalue weighted by Gasteiger charge is -2.01. The van der Waals surface area contributed by atoms with Crippen LogP contribution >= 0.6 is 0 Å². The van der Waals surface area contributed by atoms with Crippen molar-refractivity contribution in [2.24, 2.45) is 0 Å². The quantitative estimate of drug-likeness (QED) is 0.688. The van der Waals surface area contributed by atoms with Crippen molar-refractivity contribution in [1.29, 1.82) is 0 Å². The second-order valence-electron chi connectivity index (χ2n) is 2.99. The van der Waals surface area contributed by atoms with Crippen LogP contribution in [-0.2, 0) is 0 Å². The zero-order valence-electron chi connectivity index (χ0n) is 7.56. The van der Waals surface area contributed by atoms with Gasteiger partial charge in [0.25, 0.3) is 0 Å². The van der Waals surface area contributed by atoms with Crippen LogP contribution in [0, 0.1) is 6.92 Å². The second-order valence-corrected chi connectivity index (χ2v) is 2.99. The van der Waals surface area contributed by atoms with E-state index in [-0.39, 0.29) is 11.6 Å². The number of rotatable bonds is 1. The van der Waals surface area contributed by atoms with Crippen molar-refractivity contribution >= 4 is 17.2 Å². The van der Waals surface area contributed by atoms with E-state index in [0.717, 1.165) is 5.39 Å². The Bertz CT molecular complexity index is 509. The summed E-state index contributed by atoms with van der Waals surface area (Å²) >= 11 is 0. The van der Waals surface area contributed by atoms with Crippen molar-refractivity contribution in [2.75, 3.05) is 0 Å². The molecule has 2 rings (SSSR count). The maximum absolute atomic E-state index is 10.5. The molecule has 4 heteroatoms. The van der Waals surface area contributed by atoms with Crippen molar-refractivity contribution < 1.29 is 9.90 Å². The summed E-state index contributed by atoms with van der Waals surface area (Å²) in [6.45, 7) is 1.77. The highest BCUT2D eigenvalue weighted by Crippen LogP contribution is 2.20. The highest BCUT2D eigenvalue weighted by molar-refractivity contribution is 5.84. The van der Waals surface area contributed by atoms with Crippen molar-refractivity contribution in [2.45, 2.75) is 6.92 Å². The normalized spacial score (nSPS) is 10.4. The van der Waals surface area contributed by atoms with Gasteiger partial charge in [0, 0.05) is 11.1 Å². The first kappa shape index (κ1) is 8.62. The van der Waals surface area contributed by atoms with E-state index in [2.05, 4.69) is 9.97 Å². The molecule has 0 unspecified atom stereocenters. The van der Waals surface area contributed by atoms with Crippen LogP contribution in [0.25, 0.3) is 10.9 Å². The summed E-state index contributed by atoms with van der Waals surface area (Å²) in [6.07, 6.45) is 0.610. The topological polar surface area (TPSA) is 63.1 Å². The Morgan fingerprint density at radius 3 is 2.86 bits per heavy atom. The van der Waals surface area contributed by atoms with Crippen LogP contribution < -0.4 is 0 Å². The molecular formula is C10H8N2O2. The minimum absolute atomic E-state index is 0.167. The number of aryl methyl sites for hydroxylation is 1. The number of phenols is 1. The van der Waals surface area contributed by atoms with Gasteiger partial charge in [0.05, 0.1) is 5.52 Å². The molecule has 70 valence electrons. The SMILES string of the molecule is Cc1nc(C=O)nc2ccc(O)cc12. The smallest absolute Gasteiger partial charge is 0.193 e. The third-order valence-corrected chi connectivity index (χ3v) is 1.99. The number of nitrogens with zero attached hydrogens (tertiary/aromatic N) is 2. The van der Waals surface area contributed by atoms with Crippen molar-refractivity contribution in [3.8, 4) is 5.75 Å². The summed E-state index contributed by atoms with van der Waals surface area (Å²) in [4.78, 5) is 18.5. The summed E-state index contributed by atoms with van der Waals surface area (Å²) in [5.41, 5.74) is 1.35. The standard InChI is InChI=1S/C10H8N2O2/c1-6-8-4-7(14)2-3-9(8)12-10(5-13)11-6/h2-5,14H,1H3. The molecule has 1 heterocycles. The molecule has 0 aliphatic heterocycles. The maximum Gasteiger partial charge on any atom is 0.193 e. The number of hydrogen-bond acceptors (Lipinski definition) is 4. The lowest BCUT2D eigenvalue weighted by atomic mass is 10.2. The molecule has 0 spiro atoms. The molecule has 0 amide bonds. The van der Waals surface area contributed by atoms with Gasteiger partial charge in [0.1, 0.15) is 5.75 Å². The zero-order chi connectivity index (χ0) is 10.1. The first-order chi connectivity index (χ1) is 6.70. The number of benzene rings is 1. The van der Waals surface area contributed by atoms with Gasteiger partial charge in [-0.3, -0.25) is 4.79 Å². The summed E-state index contributed by atoms with van der Waals surface area (Å²) in [5, 5.41) is 10.0. The van der Waals surface area contributed by atoms with Crippen LogP contribution in [0.5, 0.6) is 5.75 Å². The average molecular weight is 188 g/mol. The van der Waals surface area contributed by atoms with E-state index in [4.69, 9.17) is 0 Å². The van der Waals surface area contributed by atoms with Crippen molar-refractivity contribution in [1.82, 2.24) is 9.97 Å². The molecule has 0 radical (unpaired) electrons. The Balaban J connectivity index is 2.82. The Morgan fingerprint density at radius 1 is 1.36 bits per heavy atom. The molecule has 1 aromatic heterocycles. The molecule has 0 aliphatic rings. The molecule has 0 atom stereocenters. The monoisotopic (exact) mass is 188 g/mol. The average Bonchev–Trinajstić information content (AvgIpc) is 2.19. The van der Waals surface area contributed by atoms with E-state index < -0.39 is 0 Å². The summed E-state index contributed by atoms with van der Waals surface area (Å²) in [5.74, 6) is 0.337. The van der Waals surface area contributed by atoms with Gasteiger partial charge in [-0.2, -0.15) is 0 Å². The highest BCUT2D eigenvalue weighted by Gasteiger charge is 2.03. The van der Waals surface area contributed by atoms with Crippen molar-refractivity contribution in [3.05, 3.63) is 29.7 Å². The van der Waals surface area contributed by atoms with Gasteiger partial charge in [-0.25, -0.2) is 9.97 Å². The van der Waals surface area contributed by atoms with Gasteiger partial charge < -0.3 is 5.11 Å². The molecule has 0 saturated heterocycles. The fourth-order valence-electron chi connectivity index (χ4n) is 1.34. The lowest BCUT2D eigenvalue weighted by Crippen LogP contribution is -1.96. The van der Waals surface area contributed by atoms with E-state index in [1.54, 1.807) is 19.1 Å². The number of aromatic hydroxyl groups is 1. The summed E-state index contributed by atoms with van der Waals surface area (Å²) in [6, 6.07) is 4.77. The van der Waals surface area contributed by atoms with E-state index in [1.165, 1.54) is 6.07 Å². The molecule has 2 aromatic rings. The second kappa shape index (κ2) is 3.06. The third kappa shape index (κ3) is 1.31. The van der Waals surface area contributed by atoms with E-state index in [1.807, 2.05) is 0 Å². The minimum Gasteiger partial charge on any atom is -0.508 e. The van der Waals surface area contributed by atoms with Gasteiger partial charge in [-0.05, 0) is 25.1 Å². The largest absolute Gasteiger partial charge is 0.508 e. The predicted octanol–water partition coefficient (Wildman–Crippen LogP) is 1.46. The zero-order valence-corrected chi connectivity index (χ0v) is 7.56. The number of carbonyl (C=O) groups is 1. The third-order valence-electron chi connectivity index (χ3n) is 1.99. The van der Waals surface area contributed by atoms with E-state index in [0.29, 0.717) is 17.5 Å². The highest BCUT2D eigenvalue weighted by atomic mass is 16.3. The molecule has 14 heavy (non-hydrogen) atoms. The number of aromatic nitrogens is 2. The van der Waals surface area contributed by atoms with Gasteiger partial charge in [0.15, 0.2) is 12.1 Å². The molecule has 0 fully saturated rings. The van der Waals surface area contributed by atoms with Gasteiger partial charge in [0.2, 0.25) is 0 Å². The first-order valence-corrected chi connectivity index (χ1v) is 4.13. The molecule has 0 aliphatic carbocycles. The molecule has 1 N–H and O–H groups in total.